The molecule has 0 bridgehead atoms. The van der Waals surface area contributed by atoms with Gasteiger partial charge >= 0.3 is 0 Å². The van der Waals surface area contributed by atoms with E-state index in [9.17, 15) is 4.79 Å². The number of amides is 1. The monoisotopic (exact) mass is 412 g/mol. The van der Waals surface area contributed by atoms with Crippen molar-refractivity contribution in [3.63, 3.8) is 0 Å². The number of rotatable bonds is 2. The Morgan fingerprint density at radius 2 is 2.00 bits per heavy atom. The number of carbonyl (C=O) groups is 1. The molecule has 0 N–H and O–H groups in total. The minimum Gasteiger partial charge on any atom is -0.338 e. The summed E-state index contributed by atoms with van der Waals surface area (Å²) in [7, 11) is 0. The van der Waals surface area contributed by atoms with Crippen molar-refractivity contribution in [3.05, 3.63) is 36.9 Å². The van der Waals surface area contributed by atoms with Crippen LogP contribution in [0.4, 0.5) is 0 Å². The van der Waals surface area contributed by atoms with E-state index in [0.717, 1.165) is 35.3 Å². The van der Waals surface area contributed by atoms with Gasteiger partial charge in [0, 0.05) is 34.3 Å². The highest BCUT2D eigenvalue weighted by atomic mass is 79.9. The third kappa shape index (κ3) is 3.69. The van der Waals surface area contributed by atoms with E-state index in [1.807, 2.05) is 16.3 Å². The van der Waals surface area contributed by atoms with Crippen LogP contribution < -0.4 is 0 Å². The first-order chi connectivity index (χ1) is 10.9. The van der Waals surface area contributed by atoms with E-state index in [4.69, 9.17) is 4.98 Å². The number of carbonyl (C=O) groups excluding carboxylic acids is 1. The molecule has 124 valence electrons. The van der Waals surface area contributed by atoms with Crippen LogP contribution in [0.1, 0.15) is 59.9 Å². The number of thiophene rings is 1. The average Bonchev–Trinajstić information content (AvgIpc) is 3.15. The van der Waals surface area contributed by atoms with Crippen LogP contribution in [-0.4, -0.2) is 28.9 Å². The predicted molar refractivity (Wildman–Crippen MR) is 101 cm³/mol. The Labute approximate surface area is 153 Å². The Morgan fingerprint density at radius 1 is 1.30 bits per heavy atom. The quantitative estimate of drug-likeness (QED) is 0.671. The number of thiazole rings is 1. The molecule has 1 saturated heterocycles. The van der Waals surface area contributed by atoms with Gasteiger partial charge in [-0.25, -0.2) is 4.98 Å². The van der Waals surface area contributed by atoms with E-state index in [1.54, 1.807) is 11.3 Å². The Bertz CT molecular complexity index is 694. The second kappa shape index (κ2) is 6.65. The van der Waals surface area contributed by atoms with Crippen LogP contribution in [0.5, 0.6) is 0 Å². The van der Waals surface area contributed by atoms with Gasteiger partial charge in [0.2, 0.25) is 0 Å². The van der Waals surface area contributed by atoms with Gasteiger partial charge in [-0.15, -0.1) is 22.7 Å². The summed E-state index contributed by atoms with van der Waals surface area (Å²) in [5.41, 5.74) is 1.29. The molecule has 0 aliphatic carbocycles. The molecule has 3 heterocycles. The van der Waals surface area contributed by atoms with Gasteiger partial charge in [0.05, 0.1) is 10.7 Å². The van der Waals surface area contributed by atoms with Gasteiger partial charge in [0.25, 0.3) is 5.91 Å². The summed E-state index contributed by atoms with van der Waals surface area (Å²) in [6.45, 7) is 8.24. The summed E-state index contributed by atoms with van der Waals surface area (Å²) in [5.74, 6) is 0.645. The third-order valence-electron chi connectivity index (χ3n) is 4.23. The van der Waals surface area contributed by atoms with Gasteiger partial charge in [-0.05, 0) is 40.2 Å². The Morgan fingerprint density at radius 3 is 2.52 bits per heavy atom. The molecule has 1 amide bonds. The van der Waals surface area contributed by atoms with Crippen LogP contribution in [0.25, 0.3) is 0 Å². The van der Waals surface area contributed by atoms with Gasteiger partial charge in [0.1, 0.15) is 4.88 Å². The van der Waals surface area contributed by atoms with Crippen molar-refractivity contribution >= 4 is 44.5 Å². The van der Waals surface area contributed by atoms with Crippen molar-refractivity contribution < 1.29 is 4.79 Å². The number of halogens is 1. The van der Waals surface area contributed by atoms with Crippen molar-refractivity contribution in [2.24, 2.45) is 0 Å². The lowest BCUT2D eigenvalue weighted by molar-refractivity contribution is 0.0717. The van der Waals surface area contributed by atoms with Gasteiger partial charge in [-0.1, -0.05) is 20.8 Å². The molecular formula is C17H21BrN2OS2. The van der Waals surface area contributed by atoms with E-state index in [-0.39, 0.29) is 11.3 Å². The second-order valence-electron chi connectivity index (χ2n) is 6.99. The van der Waals surface area contributed by atoms with Crippen LogP contribution in [0, 0.1) is 0 Å². The fourth-order valence-electron chi connectivity index (χ4n) is 2.74. The smallest absolute Gasteiger partial charge is 0.265 e. The fourth-order valence-corrected chi connectivity index (χ4v) is 5.46. The van der Waals surface area contributed by atoms with Gasteiger partial charge in [-0.3, -0.25) is 4.79 Å². The predicted octanol–water partition coefficient (Wildman–Crippen LogP) is 5.28. The first-order valence-corrected chi connectivity index (χ1v) is 10.4. The van der Waals surface area contributed by atoms with Crippen molar-refractivity contribution in [2.45, 2.75) is 44.9 Å². The molecule has 6 heteroatoms. The zero-order chi connectivity index (χ0) is 16.6. The number of likely N-dealkylation sites (tertiary alicyclic amines) is 1. The lowest BCUT2D eigenvalue weighted by Crippen LogP contribution is -2.37. The lowest BCUT2D eigenvalue weighted by Gasteiger charge is -2.31. The highest BCUT2D eigenvalue weighted by Gasteiger charge is 2.28. The summed E-state index contributed by atoms with van der Waals surface area (Å²) < 4.78 is 0.907. The highest BCUT2D eigenvalue weighted by Crippen LogP contribution is 2.34. The summed E-state index contributed by atoms with van der Waals surface area (Å²) in [6, 6.07) is 1.94. The summed E-state index contributed by atoms with van der Waals surface area (Å²) >= 11 is 6.74. The summed E-state index contributed by atoms with van der Waals surface area (Å²) in [5, 5.41) is 5.38. The molecule has 1 aliphatic heterocycles. The Balaban J connectivity index is 1.63. The molecule has 23 heavy (non-hydrogen) atoms. The molecule has 0 aromatic carbocycles. The minimum absolute atomic E-state index is 0.108. The molecule has 2 aromatic rings. The van der Waals surface area contributed by atoms with Crippen LogP contribution in [0.15, 0.2) is 21.3 Å². The minimum atomic E-state index is 0.108. The molecule has 3 nitrogen and oxygen atoms in total. The van der Waals surface area contributed by atoms with Gasteiger partial charge in [0.15, 0.2) is 0 Å². The average molecular weight is 413 g/mol. The topological polar surface area (TPSA) is 33.2 Å². The largest absolute Gasteiger partial charge is 0.338 e. The number of aromatic nitrogens is 1. The van der Waals surface area contributed by atoms with E-state index >= 15 is 0 Å². The zero-order valence-electron chi connectivity index (χ0n) is 13.6. The maximum atomic E-state index is 12.6. The molecule has 0 unspecified atom stereocenters. The molecule has 0 spiro atoms. The number of hydrogen-bond donors (Lipinski definition) is 0. The Kier molecular flexibility index (Phi) is 4.95. The first-order valence-electron chi connectivity index (χ1n) is 7.84. The van der Waals surface area contributed by atoms with Crippen LogP contribution >= 0.6 is 38.6 Å². The Hall–Kier alpha value is -0.720. The first kappa shape index (κ1) is 17.1. The molecule has 1 fully saturated rings. The standard InChI is InChI=1S/C17H21BrN2OS2/c1-17(2,3)13-10-23-15(19-13)11-4-7-20(8-5-11)16(21)14-12(18)6-9-22-14/h6,9-11H,4-5,7-8H2,1-3H3. The normalized spacial score (nSPS) is 16.8. The number of hydrogen-bond acceptors (Lipinski definition) is 4. The zero-order valence-corrected chi connectivity index (χ0v) is 16.9. The molecule has 1 aliphatic rings. The highest BCUT2D eigenvalue weighted by molar-refractivity contribution is 9.10. The van der Waals surface area contributed by atoms with Crippen LogP contribution in [0.2, 0.25) is 0 Å². The molecule has 0 saturated carbocycles. The van der Waals surface area contributed by atoms with Crippen molar-refractivity contribution in [2.75, 3.05) is 13.1 Å². The molecule has 2 aromatic heterocycles. The fraction of sp³-hybridized carbons (Fsp3) is 0.529. The summed E-state index contributed by atoms with van der Waals surface area (Å²) in [6.07, 6.45) is 2.01. The van der Waals surface area contributed by atoms with Gasteiger partial charge < -0.3 is 4.90 Å². The maximum Gasteiger partial charge on any atom is 0.265 e. The SMILES string of the molecule is CC(C)(C)c1csc(C2CCN(C(=O)c3sccc3Br)CC2)n1. The van der Waals surface area contributed by atoms with Crippen molar-refractivity contribution in [3.8, 4) is 0 Å². The maximum absolute atomic E-state index is 12.6. The molecule has 0 atom stereocenters. The van der Waals surface area contributed by atoms with E-state index in [0.29, 0.717) is 5.92 Å². The third-order valence-corrected chi connectivity index (χ3v) is 7.07. The molecule has 3 rings (SSSR count). The van der Waals surface area contributed by atoms with Crippen molar-refractivity contribution in [1.29, 1.82) is 0 Å². The van der Waals surface area contributed by atoms with E-state index < -0.39 is 0 Å². The van der Waals surface area contributed by atoms with Crippen molar-refractivity contribution in [1.82, 2.24) is 9.88 Å². The van der Waals surface area contributed by atoms with E-state index in [2.05, 4.69) is 42.1 Å². The second-order valence-corrected chi connectivity index (χ2v) is 9.65. The van der Waals surface area contributed by atoms with Crippen LogP contribution in [0.3, 0.4) is 0 Å². The number of nitrogens with zero attached hydrogens (tertiary/aromatic N) is 2. The van der Waals surface area contributed by atoms with E-state index in [1.165, 1.54) is 22.0 Å². The van der Waals surface area contributed by atoms with Gasteiger partial charge in [-0.2, -0.15) is 0 Å². The van der Waals surface area contributed by atoms with Crippen LogP contribution in [-0.2, 0) is 5.41 Å². The molecule has 0 radical (unpaired) electrons. The number of piperidine rings is 1. The lowest BCUT2D eigenvalue weighted by atomic mass is 9.93. The molecular weight excluding hydrogens is 392 g/mol. The summed E-state index contributed by atoms with van der Waals surface area (Å²) in [4.78, 5) is 20.2.